The fourth-order valence-electron chi connectivity index (χ4n) is 1.96. The van der Waals surface area contributed by atoms with Gasteiger partial charge in [0.25, 0.3) is 5.91 Å². The molecule has 0 fully saturated rings. The molecule has 98 valence electrons. The van der Waals surface area contributed by atoms with Crippen molar-refractivity contribution in [3.8, 4) is 0 Å². The summed E-state index contributed by atoms with van der Waals surface area (Å²) in [6.07, 6.45) is 1.96. The highest BCUT2D eigenvalue weighted by molar-refractivity contribution is 7.98. The molecule has 3 nitrogen and oxygen atoms in total. The summed E-state index contributed by atoms with van der Waals surface area (Å²) in [6.45, 7) is 0. The van der Waals surface area contributed by atoms with Gasteiger partial charge in [0.15, 0.2) is 5.60 Å². The van der Waals surface area contributed by atoms with Gasteiger partial charge in [-0.3, -0.25) is 4.79 Å². The molecule has 2 rings (SSSR count). The van der Waals surface area contributed by atoms with Crippen LogP contribution in [0, 0.1) is 0 Å². The molecule has 2 aromatic rings. The highest BCUT2D eigenvalue weighted by atomic mass is 32.2. The zero-order valence-electron chi connectivity index (χ0n) is 10.5. The van der Waals surface area contributed by atoms with Crippen LogP contribution in [-0.2, 0) is 10.4 Å². The van der Waals surface area contributed by atoms with E-state index in [4.69, 9.17) is 5.73 Å². The first-order valence-electron chi connectivity index (χ1n) is 5.81. The summed E-state index contributed by atoms with van der Waals surface area (Å²) < 4.78 is 0. The number of primary amides is 1. The molecule has 4 heteroatoms. The predicted octanol–water partition coefficient (Wildman–Crippen LogP) is 2.13. The van der Waals surface area contributed by atoms with Gasteiger partial charge in [-0.2, -0.15) is 0 Å². The Balaban J connectivity index is 2.53. The number of hydrogen-bond acceptors (Lipinski definition) is 3. The van der Waals surface area contributed by atoms with Crippen LogP contribution in [0.25, 0.3) is 0 Å². The van der Waals surface area contributed by atoms with Crippen LogP contribution in [0.15, 0.2) is 59.5 Å². The number of benzene rings is 2. The lowest BCUT2D eigenvalue weighted by Gasteiger charge is -2.25. The van der Waals surface area contributed by atoms with Gasteiger partial charge >= 0.3 is 0 Å². The van der Waals surface area contributed by atoms with Crippen molar-refractivity contribution in [2.45, 2.75) is 10.5 Å². The highest BCUT2D eigenvalue weighted by Gasteiger charge is 2.37. The molecule has 0 bridgehead atoms. The molecular weight excluding hydrogens is 258 g/mol. The summed E-state index contributed by atoms with van der Waals surface area (Å²) in [5.41, 5.74) is 4.57. The summed E-state index contributed by atoms with van der Waals surface area (Å²) in [4.78, 5) is 12.8. The van der Waals surface area contributed by atoms with Crippen LogP contribution in [0.5, 0.6) is 0 Å². The van der Waals surface area contributed by atoms with Crippen molar-refractivity contribution < 1.29 is 9.90 Å². The van der Waals surface area contributed by atoms with Gasteiger partial charge in [-0.1, -0.05) is 42.5 Å². The first-order valence-corrected chi connectivity index (χ1v) is 7.04. The van der Waals surface area contributed by atoms with E-state index in [2.05, 4.69) is 0 Å². The predicted molar refractivity (Wildman–Crippen MR) is 76.9 cm³/mol. The van der Waals surface area contributed by atoms with E-state index in [0.717, 1.165) is 4.90 Å². The summed E-state index contributed by atoms with van der Waals surface area (Å²) in [6, 6.07) is 15.9. The van der Waals surface area contributed by atoms with E-state index in [1.165, 1.54) is 0 Å². The molecule has 0 saturated heterocycles. The molecule has 0 aromatic heterocycles. The van der Waals surface area contributed by atoms with E-state index in [9.17, 15) is 9.90 Å². The van der Waals surface area contributed by atoms with Crippen LogP contribution < -0.4 is 5.73 Å². The third kappa shape index (κ3) is 2.50. The van der Waals surface area contributed by atoms with Crippen molar-refractivity contribution in [1.29, 1.82) is 0 Å². The van der Waals surface area contributed by atoms with Crippen LogP contribution in [0.3, 0.4) is 0 Å². The Morgan fingerprint density at radius 1 is 1.05 bits per heavy atom. The smallest absolute Gasteiger partial charge is 0.258 e. The lowest BCUT2D eigenvalue weighted by atomic mass is 9.86. The van der Waals surface area contributed by atoms with Gasteiger partial charge in [-0.05, 0) is 29.5 Å². The maximum Gasteiger partial charge on any atom is 0.258 e. The third-order valence-corrected chi connectivity index (χ3v) is 3.80. The molecule has 0 heterocycles. The summed E-state index contributed by atoms with van der Waals surface area (Å²) >= 11 is 1.59. The van der Waals surface area contributed by atoms with E-state index in [1.807, 2.05) is 24.5 Å². The largest absolute Gasteiger partial charge is 0.372 e. The summed E-state index contributed by atoms with van der Waals surface area (Å²) in [7, 11) is 0. The fourth-order valence-corrected chi connectivity index (χ4v) is 2.37. The van der Waals surface area contributed by atoms with Gasteiger partial charge in [-0.15, -0.1) is 11.8 Å². The quantitative estimate of drug-likeness (QED) is 0.839. The van der Waals surface area contributed by atoms with Crippen molar-refractivity contribution in [1.82, 2.24) is 0 Å². The van der Waals surface area contributed by atoms with Crippen molar-refractivity contribution in [2.24, 2.45) is 5.73 Å². The lowest BCUT2D eigenvalue weighted by molar-refractivity contribution is -0.133. The van der Waals surface area contributed by atoms with Crippen molar-refractivity contribution in [3.63, 3.8) is 0 Å². The molecule has 3 N–H and O–H groups in total. The second kappa shape index (κ2) is 5.47. The molecule has 1 unspecified atom stereocenters. The molecule has 2 aromatic carbocycles. The molecule has 19 heavy (non-hydrogen) atoms. The minimum Gasteiger partial charge on any atom is -0.372 e. The number of rotatable bonds is 4. The second-order valence-corrected chi connectivity index (χ2v) is 5.05. The average Bonchev–Trinajstić information content (AvgIpc) is 2.47. The first kappa shape index (κ1) is 13.6. The van der Waals surface area contributed by atoms with Crippen LogP contribution in [-0.4, -0.2) is 17.3 Å². The van der Waals surface area contributed by atoms with Gasteiger partial charge in [0.2, 0.25) is 0 Å². The summed E-state index contributed by atoms with van der Waals surface area (Å²) in [5.74, 6) is -0.782. The van der Waals surface area contributed by atoms with Crippen molar-refractivity contribution in [3.05, 3.63) is 65.7 Å². The highest BCUT2D eigenvalue weighted by Crippen LogP contribution is 2.30. The fraction of sp³-hybridized carbons (Fsp3) is 0.133. The Morgan fingerprint density at radius 3 is 2.05 bits per heavy atom. The van der Waals surface area contributed by atoms with Gasteiger partial charge in [0, 0.05) is 4.90 Å². The van der Waals surface area contributed by atoms with Gasteiger partial charge < -0.3 is 10.8 Å². The van der Waals surface area contributed by atoms with Crippen LogP contribution >= 0.6 is 11.8 Å². The van der Waals surface area contributed by atoms with Crippen molar-refractivity contribution >= 4 is 17.7 Å². The van der Waals surface area contributed by atoms with E-state index >= 15 is 0 Å². The first-order chi connectivity index (χ1) is 9.09. The molecule has 0 aliphatic rings. The minimum atomic E-state index is -1.79. The molecule has 0 aliphatic heterocycles. The van der Waals surface area contributed by atoms with E-state index in [-0.39, 0.29) is 0 Å². The Morgan fingerprint density at radius 2 is 1.58 bits per heavy atom. The Kier molecular flexibility index (Phi) is 3.93. The standard InChI is InChI=1S/C15H15NO2S/c1-19-13-9-7-12(8-10-13)15(18,14(16)17)11-5-3-2-4-6-11/h2-10,18H,1H3,(H2,16,17). The number of nitrogens with two attached hydrogens (primary N) is 1. The number of aliphatic hydroxyl groups is 1. The molecule has 0 saturated carbocycles. The van der Waals surface area contributed by atoms with Gasteiger partial charge in [0.1, 0.15) is 0 Å². The van der Waals surface area contributed by atoms with E-state index < -0.39 is 11.5 Å². The maximum atomic E-state index is 11.7. The van der Waals surface area contributed by atoms with Gasteiger partial charge in [-0.25, -0.2) is 0 Å². The van der Waals surface area contributed by atoms with Crippen LogP contribution in [0.2, 0.25) is 0 Å². The van der Waals surface area contributed by atoms with Crippen LogP contribution in [0.4, 0.5) is 0 Å². The normalized spacial score (nSPS) is 13.8. The molecule has 1 atom stereocenters. The number of carbonyl (C=O) groups is 1. The topological polar surface area (TPSA) is 63.3 Å². The zero-order chi connectivity index (χ0) is 13.9. The average molecular weight is 273 g/mol. The minimum absolute atomic E-state index is 0.472. The molecular formula is C15H15NO2S. The van der Waals surface area contributed by atoms with Crippen LogP contribution in [0.1, 0.15) is 11.1 Å². The Bertz CT molecular complexity index is 568. The second-order valence-electron chi connectivity index (χ2n) is 4.17. The monoisotopic (exact) mass is 273 g/mol. The van der Waals surface area contributed by atoms with Crippen molar-refractivity contribution in [2.75, 3.05) is 6.26 Å². The molecule has 0 spiro atoms. The SMILES string of the molecule is CSc1ccc(C(O)(C(N)=O)c2ccccc2)cc1. The molecule has 0 radical (unpaired) electrons. The Labute approximate surface area is 116 Å². The molecule has 0 aliphatic carbocycles. The summed E-state index contributed by atoms with van der Waals surface area (Å²) in [5, 5.41) is 10.7. The maximum absolute atomic E-state index is 11.7. The van der Waals surface area contributed by atoms with E-state index in [1.54, 1.807) is 48.2 Å². The lowest BCUT2D eigenvalue weighted by Crippen LogP contribution is -2.42. The number of hydrogen-bond donors (Lipinski definition) is 2. The molecule has 1 amide bonds. The number of thioether (sulfide) groups is 1. The van der Waals surface area contributed by atoms with E-state index in [0.29, 0.717) is 11.1 Å². The third-order valence-electron chi connectivity index (χ3n) is 3.06. The van der Waals surface area contributed by atoms with Gasteiger partial charge in [0.05, 0.1) is 0 Å². The number of carbonyl (C=O) groups excluding carboxylic acids is 1. The Hall–Kier alpha value is -1.78. The zero-order valence-corrected chi connectivity index (χ0v) is 11.4. The number of amides is 1.